The first kappa shape index (κ1) is 13.7. The molecule has 1 aliphatic heterocycles. The highest BCUT2D eigenvalue weighted by molar-refractivity contribution is 5.49. The molecule has 6 nitrogen and oxygen atoms in total. The van der Waals surface area contributed by atoms with E-state index in [1.54, 1.807) is 6.33 Å². The lowest BCUT2D eigenvalue weighted by atomic mass is 10.2. The van der Waals surface area contributed by atoms with Crippen LogP contribution in [0.4, 0.5) is 11.8 Å². The number of nitrogens with zero attached hydrogens (tertiary/aromatic N) is 6. The minimum absolute atomic E-state index is 0.824. The summed E-state index contributed by atoms with van der Waals surface area (Å²) in [6, 6.07) is 1.92. The maximum Gasteiger partial charge on any atom is 0.225 e. The Bertz CT molecular complexity index is 634. The van der Waals surface area contributed by atoms with Crippen LogP contribution < -0.4 is 9.80 Å². The van der Waals surface area contributed by atoms with E-state index >= 15 is 0 Å². The van der Waals surface area contributed by atoms with Crippen molar-refractivity contribution in [2.24, 2.45) is 0 Å². The normalized spacial score (nSPS) is 15.4. The molecule has 0 amide bonds. The standard InChI is InChI=1S/C15H20N6/c1-11-4-5-16-15(19-11)21-8-6-20(7-9-21)14-12(2)13(3)17-10-18-14/h4-5,10H,6-9H2,1-3H3. The topological polar surface area (TPSA) is 58.0 Å². The SMILES string of the molecule is Cc1ccnc(N2CCN(c3ncnc(C)c3C)CC2)n1. The molecule has 1 aliphatic rings. The highest BCUT2D eigenvalue weighted by Gasteiger charge is 2.21. The fourth-order valence-electron chi connectivity index (χ4n) is 2.55. The van der Waals surface area contributed by atoms with Crippen molar-refractivity contribution in [1.29, 1.82) is 0 Å². The van der Waals surface area contributed by atoms with Crippen molar-refractivity contribution in [3.8, 4) is 0 Å². The number of anilines is 2. The summed E-state index contributed by atoms with van der Waals surface area (Å²) >= 11 is 0. The molecular weight excluding hydrogens is 264 g/mol. The maximum absolute atomic E-state index is 4.50. The summed E-state index contributed by atoms with van der Waals surface area (Å²) < 4.78 is 0. The largest absolute Gasteiger partial charge is 0.353 e. The van der Waals surface area contributed by atoms with Crippen molar-refractivity contribution in [2.75, 3.05) is 36.0 Å². The van der Waals surface area contributed by atoms with Crippen LogP contribution in [0.25, 0.3) is 0 Å². The third kappa shape index (κ3) is 2.79. The van der Waals surface area contributed by atoms with Gasteiger partial charge in [-0.3, -0.25) is 0 Å². The lowest BCUT2D eigenvalue weighted by Crippen LogP contribution is -2.47. The van der Waals surface area contributed by atoms with Crippen LogP contribution in [0.1, 0.15) is 17.0 Å². The van der Waals surface area contributed by atoms with E-state index in [0.717, 1.165) is 54.9 Å². The fourth-order valence-corrected chi connectivity index (χ4v) is 2.55. The van der Waals surface area contributed by atoms with Gasteiger partial charge < -0.3 is 9.80 Å². The van der Waals surface area contributed by atoms with Gasteiger partial charge in [-0.2, -0.15) is 0 Å². The van der Waals surface area contributed by atoms with Crippen molar-refractivity contribution in [3.63, 3.8) is 0 Å². The van der Waals surface area contributed by atoms with Crippen LogP contribution in [0, 0.1) is 20.8 Å². The first-order valence-electron chi connectivity index (χ1n) is 7.23. The highest BCUT2D eigenvalue weighted by atomic mass is 15.3. The van der Waals surface area contributed by atoms with E-state index in [0.29, 0.717) is 0 Å². The summed E-state index contributed by atoms with van der Waals surface area (Å²) in [4.78, 5) is 22.1. The Morgan fingerprint density at radius 2 is 1.62 bits per heavy atom. The van der Waals surface area contributed by atoms with Gasteiger partial charge in [0.15, 0.2) is 0 Å². The molecule has 3 rings (SSSR count). The van der Waals surface area contributed by atoms with Crippen LogP contribution in [0.3, 0.4) is 0 Å². The maximum atomic E-state index is 4.50. The van der Waals surface area contributed by atoms with Crippen LogP contribution in [0.15, 0.2) is 18.6 Å². The molecule has 0 bridgehead atoms. The van der Waals surface area contributed by atoms with Crippen LogP contribution in [0.2, 0.25) is 0 Å². The molecular formula is C15H20N6. The monoisotopic (exact) mass is 284 g/mol. The van der Waals surface area contributed by atoms with Crippen LogP contribution >= 0.6 is 0 Å². The zero-order chi connectivity index (χ0) is 14.8. The van der Waals surface area contributed by atoms with Gasteiger partial charge in [0.1, 0.15) is 12.1 Å². The first-order valence-corrected chi connectivity index (χ1v) is 7.23. The molecule has 0 N–H and O–H groups in total. The number of aryl methyl sites for hydroxylation is 2. The Balaban J connectivity index is 1.72. The van der Waals surface area contributed by atoms with E-state index in [9.17, 15) is 0 Å². The zero-order valence-electron chi connectivity index (χ0n) is 12.7. The summed E-state index contributed by atoms with van der Waals surface area (Å²) in [5.41, 5.74) is 3.21. The molecule has 3 heterocycles. The Labute approximate surface area is 124 Å². The summed E-state index contributed by atoms with van der Waals surface area (Å²) in [6.45, 7) is 9.77. The molecule has 110 valence electrons. The fraction of sp³-hybridized carbons (Fsp3) is 0.467. The van der Waals surface area contributed by atoms with Crippen LogP contribution in [-0.2, 0) is 0 Å². The lowest BCUT2D eigenvalue weighted by molar-refractivity contribution is 0.631. The molecule has 0 unspecified atom stereocenters. The second-order valence-corrected chi connectivity index (χ2v) is 5.38. The van der Waals surface area contributed by atoms with E-state index < -0.39 is 0 Å². The number of hydrogen-bond acceptors (Lipinski definition) is 6. The second-order valence-electron chi connectivity index (χ2n) is 5.38. The van der Waals surface area contributed by atoms with E-state index in [2.05, 4.69) is 36.7 Å². The van der Waals surface area contributed by atoms with Crippen molar-refractivity contribution in [1.82, 2.24) is 19.9 Å². The Hall–Kier alpha value is -2.24. The second kappa shape index (κ2) is 5.63. The molecule has 0 aliphatic carbocycles. The van der Waals surface area contributed by atoms with Crippen LogP contribution in [0.5, 0.6) is 0 Å². The summed E-state index contributed by atoms with van der Waals surface area (Å²) in [5.74, 6) is 1.87. The Morgan fingerprint density at radius 3 is 2.33 bits per heavy atom. The zero-order valence-corrected chi connectivity index (χ0v) is 12.7. The smallest absolute Gasteiger partial charge is 0.225 e. The average Bonchev–Trinajstić information content (AvgIpc) is 2.50. The Morgan fingerprint density at radius 1 is 0.905 bits per heavy atom. The van der Waals surface area contributed by atoms with Gasteiger partial charge in [-0.15, -0.1) is 0 Å². The van der Waals surface area contributed by atoms with Crippen LogP contribution in [-0.4, -0.2) is 46.1 Å². The molecule has 0 aromatic carbocycles. The molecule has 0 spiro atoms. The number of aromatic nitrogens is 4. The summed E-state index contributed by atoms with van der Waals surface area (Å²) in [5, 5.41) is 0. The first-order chi connectivity index (χ1) is 10.1. The van der Waals surface area contributed by atoms with Gasteiger partial charge >= 0.3 is 0 Å². The Kier molecular flexibility index (Phi) is 3.68. The van der Waals surface area contributed by atoms with Gasteiger partial charge in [0.2, 0.25) is 5.95 Å². The van der Waals surface area contributed by atoms with Gasteiger partial charge in [-0.1, -0.05) is 0 Å². The van der Waals surface area contributed by atoms with E-state index in [1.807, 2.05) is 26.1 Å². The van der Waals surface area contributed by atoms with Gasteiger partial charge in [0.05, 0.1) is 0 Å². The van der Waals surface area contributed by atoms with Gasteiger partial charge in [-0.05, 0) is 26.8 Å². The third-order valence-corrected chi connectivity index (χ3v) is 3.95. The quantitative estimate of drug-likeness (QED) is 0.833. The number of rotatable bonds is 2. The molecule has 21 heavy (non-hydrogen) atoms. The predicted molar refractivity (Wildman–Crippen MR) is 82.7 cm³/mol. The van der Waals surface area contributed by atoms with E-state index in [4.69, 9.17) is 0 Å². The van der Waals surface area contributed by atoms with E-state index in [-0.39, 0.29) is 0 Å². The average molecular weight is 284 g/mol. The molecule has 1 saturated heterocycles. The highest BCUT2D eigenvalue weighted by Crippen LogP contribution is 2.20. The van der Waals surface area contributed by atoms with Gasteiger partial charge in [0.25, 0.3) is 0 Å². The molecule has 6 heteroatoms. The van der Waals surface area contributed by atoms with Crippen molar-refractivity contribution >= 4 is 11.8 Å². The van der Waals surface area contributed by atoms with Gasteiger partial charge in [0, 0.05) is 49.3 Å². The predicted octanol–water partition coefficient (Wildman–Crippen LogP) is 1.52. The molecule has 2 aromatic heterocycles. The number of hydrogen-bond donors (Lipinski definition) is 0. The minimum Gasteiger partial charge on any atom is -0.353 e. The van der Waals surface area contributed by atoms with Crippen molar-refractivity contribution < 1.29 is 0 Å². The molecule has 1 fully saturated rings. The van der Waals surface area contributed by atoms with Crippen molar-refractivity contribution in [2.45, 2.75) is 20.8 Å². The molecule has 0 atom stereocenters. The minimum atomic E-state index is 0.824. The molecule has 0 radical (unpaired) electrons. The summed E-state index contributed by atoms with van der Waals surface area (Å²) in [6.07, 6.45) is 3.47. The van der Waals surface area contributed by atoms with Crippen molar-refractivity contribution in [3.05, 3.63) is 35.5 Å². The third-order valence-electron chi connectivity index (χ3n) is 3.95. The number of piperazine rings is 1. The molecule has 0 saturated carbocycles. The molecule has 2 aromatic rings. The van der Waals surface area contributed by atoms with Gasteiger partial charge in [-0.25, -0.2) is 19.9 Å². The van der Waals surface area contributed by atoms with E-state index in [1.165, 1.54) is 0 Å². The lowest BCUT2D eigenvalue weighted by Gasteiger charge is -2.36. The summed E-state index contributed by atoms with van der Waals surface area (Å²) in [7, 11) is 0.